The highest BCUT2D eigenvalue weighted by Crippen LogP contribution is 2.42. The van der Waals surface area contributed by atoms with Crippen LogP contribution in [-0.2, 0) is 4.79 Å². The van der Waals surface area contributed by atoms with Crippen LogP contribution in [0.2, 0.25) is 0 Å². The molecule has 2 aliphatic heterocycles. The summed E-state index contributed by atoms with van der Waals surface area (Å²) in [4.78, 5) is 38.0. The van der Waals surface area contributed by atoms with E-state index in [-0.39, 0.29) is 11.8 Å². The lowest BCUT2D eigenvalue weighted by Gasteiger charge is -2.35. The predicted octanol–water partition coefficient (Wildman–Crippen LogP) is 4.16. The van der Waals surface area contributed by atoms with E-state index in [1.54, 1.807) is 25.3 Å². The highest BCUT2D eigenvalue weighted by Gasteiger charge is 2.29. The average molecular weight is 487 g/mol. The van der Waals surface area contributed by atoms with Gasteiger partial charge in [-0.2, -0.15) is 0 Å². The second-order valence-electron chi connectivity index (χ2n) is 8.40. The molecule has 178 valence electrons. The van der Waals surface area contributed by atoms with E-state index in [1.807, 2.05) is 71.6 Å². The molecule has 0 atom stereocenters. The lowest BCUT2D eigenvalue weighted by atomic mass is 10.1. The molecule has 7 nitrogen and oxygen atoms in total. The highest BCUT2D eigenvalue weighted by atomic mass is 32.2. The maximum absolute atomic E-state index is 13.2. The van der Waals surface area contributed by atoms with Gasteiger partial charge in [-0.1, -0.05) is 30.0 Å². The highest BCUT2D eigenvalue weighted by molar-refractivity contribution is 8.04. The Balaban J connectivity index is 1.30. The third-order valence-corrected chi connectivity index (χ3v) is 7.33. The van der Waals surface area contributed by atoms with Crippen LogP contribution in [0.25, 0.3) is 6.08 Å². The Morgan fingerprint density at radius 3 is 2.49 bits per heavy atom. The van der Waals surface area contributed by atoms with Gasteiger partial charge in [0, 0.05) is 49.9 Å². The molecule has 0 N–H and O–H groups in total. The maximum atomic E-state index is 13.2. The first-order valence-corrected chi connectivity index (χ1v) is 12.3. The molecule has 8 heteroatoms. The van der Waals surface area contributed by atoms with Gasteiger partial charge < -0.3 is 19.4 Å². The molecule has 0 spiro atoms. The Morgan fingerprint density at radius 2 is 1.80 bits per heavy atom. The second kappa shape index (κ2) is 9.84. The second-order valence-corrected chi connectivity index (χ2v) is 9.48. The molecule has 2 amide bonds. The van der Waals surface area contributed by atoms with Gasteiger partial charge in [-0.3, -0.25) is 9.59 Å². The van der Waals surface area contributed by atoms with Crippen molar-refractivity contribution in [2.75, 3.05) is 50.1 Å². The number of piperazine rings is 1. The number of aromatic nitrogens is 1. The van der Waals surface area contributed by atoms with Crippen LogP contribution in [0.1, 0.15) is 15.9 Å². The predicted molar refractivity (Wildman–Crippen MR) is 139 cm³/mol. The average Bonchev–Trinajstić information content (AvgIpc) is 2.92. The number of fused-ring (bicyclic) bond motifs is 1. The van der Waals surface area contributed by atoms with Crippen LogP contribution >= 0.6 is 11.8 Å². The number of carbonyl (C=O) groups excluding carboxylic acids is 2. The standard InChI is InChI=1S/C27H26N4O3S/c1-29-22-18-20(26(32)31-15-13-30(14-16-31)25-5-3-4-12-28-25)8-11-23(22)35-24(27(29)33)17-19-6-9-21(34-2)10-7-19/h3-12,17-18H,13-16H2,1-2H3. The third-order valence-electron chi connectivity index (χ3n) is 6.26. The minimum atomic E-state index is -0.0908. The van der Waals surface area contributed by atoms with E-state index in [0.717, 1.165) is 40.8 Å². The van der Waals surface area contributed by atoms with Crippen molar-refractivity contribution in [1.29, 1.82) is 0 Å². The number of anilines is 2. The molecular formula is C27H26N4O3S. The van der Waals surface area contributed by atoms with Crippen molar-refractivity contribution in [2.45, 2.75) is 4.90 Å². The molecule has 1 saturated heterocycles. The van der Waals surface area contributed by atoms with Crippen molar-refractivity contribution in [2.24, 2.45) is 0 Å². The van der Waals surface area contributed by atoms with Gasteiger partial charge in [-0.15, -0.1) is 0 Å². The molecule has 0 aliphatic carbocycles. The van der Waals surface area contributed by atoms with Gasteiger partial charge in [0.25, 0.3) is 11.8 Å². The van der Waals surface area contributed by atoms with E-state index >= 15 is 0 Å². The summed E-state index contributed by atoms with van der Waals surface area (Å²) in [6.07, 6.45) is 3.67. The van der Waals surface area contributed by atoms with Gasteiger partial charge >= 0.3 is 0 Å². The summed E-state index contributed by atoms with van der Waals surface area (Å²) in [6, 6.07) is 19.1. The largest absolute Gasteiger partial charge is 0.497 e. The normalized spacial score (nSPS) is 16.9. The number of carbonyl (C=O) groups is 2. The zero-order chi connectivity index (χ0) is 24.4. The van der Waals surface area contributed by atoms with Gasteiger partial charge in [0.15, 0.2) is 0 Å². The Hall–Kier alpha value is -3.78. The number of amides is 2. The molecule has 2 aromatic carbocycles. The number of hydrogen-bond acceptors (Lipinski definition) is 6. The fourth-order valence-electron chi connectivity index (χ4n) is 4.24. The maximum Gasteiger partial charge on any atom is 0.264 e. The first kappa shape index (κ1) is 23.0. The number of benzene rings is 2. The first-order chi connectivity index (χ1) is 17.0. The minimum absolute atomic E-state index is 0.0149. The van der Waals surface area contributed by atoms with E-state index in [9.17, 15) is 9.59 Å². The van der Waals surface area contributed by atoms with Crippen molar-refractivity contribution >= 4 is 41.2 Å². The summed E-state index contributed by atoms with van der Waals surface area (Å²) >= 11 is 1.43. The zero-order valence-corrected chi connectivity index (χ0v) is 20.5. The number of ether oxygens (including phenoxy) is 1. The van der Waals surface area contributed by atoms with Gasteiger partial charge in [-0.25, -0.2) is 4.98 Å². The number of likely N-dealkylation sites (N-methyl/N-ethyl adjacent to an activating group) is 1. The Morgan fingerprint density at radius 1 is 1.03 bits per heavy atom. The van der Waals surface area contributed by atoms with Gasteiger partial charge in [0.05, 0.1) is 17.7 Å². The van der Waals surface area contributed by atoms with Crippen LogP contribution in [0.4, 0.5) is 11.5 Å². The molecule has 0 radical (unpaired) electrons. The van der Waals surface area contributed by atoms with Crippen molar-refractivity contribution in [1.82, 2.24) is 9.88 Å². The van der Waals surface area contributed by atoms with E-state index in [1.165, 1.54) is 11.8 Å². The van der Waals surface area contributed by atoms with Gasteiger partial charge in [0.2, 0.25) is 0 Å². The van der Waals surface area contributed by atoms with Crippen LogP contribution in [0.5, 0.6) is 5.75 Å². The van der Waals surface area contributed by atoms with E-state index < -0.39 is 0 Å². The lowest BCUT2D eigenvalue weighted by molar-refractivity contribution is -0.114. The monoisotopic (exact) mass is 486 g/mol. The van der Waals surface area contributed by atoms with Gasteiger partial charge in [0.1, 0.15) is 11.6 Å². The molecule has 3 aromatic rings. The first-order valence-electron chi connectivity index (χ1n) is 11.4. The summed E-state index contributed by atoms with van der Waals surface area (Å²) in [7, 11) is 3.38. The third kappa shape index (κ3) is 4.74. The van der Waals surface area contributed by atoms with Crippen LogP contribution in [0.3, 0.4) is 0 Å². The molecule has 5 rings (SSSR count). The number of rotatable bonds is 4. The molecule has 0 saturated carbocycles. The van der Waals surface area contributed by atoms with Gasteiger partial charge in [-0.05, 0) is 54.1 Å². The molecular weight excluding hydrogens is 460 g/mol. The SMILES string of the molecule is COc1ccc(C=C2Sc3ccc(C(=O)N4CCN(c5ccccn5)CC4)cc3N(C)C2=O)cc1. The molecule has 3 heterocycles. The van der Waals surface area contributed by atoms with Crippen molar-refractivity contribution in [3.8, 4) is 5.75 Å². The number of hydrogen-bond donors (Lipinski definition) is 0. The number of methoxy groups -OCH3 is 1. The summed E-state index contributed by atoms with van der Waals surface area (Å²) in [6.45, 7) is 2.73. The molecule has 0 bridgehead atoms. The van der Waals surface area contributed by atoms with E-state index in [4.69, 9.17) is 4.74 Å². The quantitative estimate of drug-likeness (QED) is 0.516. The smallest absolute Gasteiger partial charge is 0.264 e. The van der Waals surface area contributed by atoms with E-state index in [2.05, 4.69) is 9.88 Å². The van der Waals surface area contributed by atoms with E-state index in [0.29, 0.717) is 23.6 Å². The lowest BCUT2D eigenvalue weighted by Crippen LogP contribution is -2.49. The molecule has 2 aliphatic rings. The Bertz CT molecular complexity index is 1270. The van der Waals surface area contributed by atoms with Crippen LogP contribution in [-0.4, -0.2) is 62.0 Å². The van der Waals surface area contributed by atoms with Crippen molar-refractivity contribution < 1.29 is 14.3 Å². The molecule has 0 unspecified atom stereocenters. The van der Waals surface area contributed by atoms with Crippen LogP contribution in [0.15, 0.2) is 76.7 Å². The molecule has 1 aromatic heterocycles. The fraction of sp³-hybridized carbons (Fsp3) is 0.222. The topological polar surface area (TPSA) is 66.0 Å². The fourth-order valence-corrected chi connectivity index (χ4v) is 5.33. The minimum Gasteiger partial charge on any atom is -0.497 e. The summed E-state index contributed by atoms with van der Waals surface area (Å²) in [5.41, 5.74) is 2.28. The summed E-state index contributed by atoms with van der Waals surface area (Å²) < 4.78 is 5.21. The van der Waals surface area contributed by atoms with Crippen molar-refractivity contribution in [3.05, 3.63) is 82.9 Å². The Kier molecular flexibility index (Phi) is 6.46. The zero-order valence-electron chi connectivity index (χ0n) is 19.7. The summed E-state index contributed by atoms with van der Waals surface area (Å²) in [5.74, 6) is 1.60. The van der Waals surface area contributed by atoms with Crippen molar-refractivity contribution in [3.63, 3.8) is 0 Å². The van der Waals surface area contributed by atoms with Crippen LogP contribution < -0.4 is 14.5 Å². The molecule has 35 heavy (non-hydrogen) atoms. The Labute approximate surface area is 209 Å². The summed E-state index contributed by atoms with van der Waals surface area (Å²) in [5, 5.41) is 0. The van der Waals surface area contributed by atoms with Crippen LogP contribution in [0, 0.1) is 0 Å². The number of pyridine rings is 1. The number of nitrogens with zero attached hydrogens (tertiary/aromatic N) is 4. The molecule has 1 fully saturated rings. The number of thioether (sulfide) groups is 1.